The molecule has 2 N–H and O–H groups in total. The third kappa shape index (κ3) is 6.81. The first-order valence-electron chi connectivity index (χ1n) is 9.35. The smallest absolute Gasteiger partial charge is 0.328 e. The number of carboxylic acid groups (broad SMARTS) is 2. The molecule has 2 rings (SSSR count). The summed E-state index contributed by atoms with van der Waals surface area (Å²) in [6, 6.07) is 10.2. The Labute approximate surface area is 165 Å². The Morgan fingerprint density at radius 2 is 1.71 bits per heavy atom. The summed E-state index contributed by atoms with van der Waals surface area (Å²) in [5.41, 5.74) is 0.656. The predicted molar refractivity (Wildman–Crippen MR) is 105 cm³/mol. The molecule has 0 amide bonds. The van der Waals surface area contributed by atoms with E-state index in [1.807, 2.05) is 25.1 Å². The molecule has 0 aliphatic carbocycles. The highest BCUT2D eigenvalue weighted by molar-refractivity contribution is 5.89. The molecule has 2 atom stereocenters. The summed E-state index contributed by atoms with van der Waals surface area (Å²) < 4.78 is 5.99. The molecular weight excluding hydrogens is 362 g/mol. The van der Waals surface area contributed by atoms with Gasteiger partial charge in [-0.2, -0.15) is 0 Å². The first-order chi connectivity index (χ1) is 13.2. The van der Waals surface area contributed by atoms with Crippen LogP contribution in [0.4, 0.5) is 0 Å². The molecule has 7 heteroatoms. The number of rotatable bonds is 7. The van der Waals surface area contributed by atoms with Gasteiger partial charge in [0.25, 0.3) is 0 Å². The van der Waals surface area contributed by atoms with Gasteiger partial charge in [-0.25, -0.2) is 9.59 Å². The second-order valence-electron chi connectivity index (χ2n) is 6.69. The molecule has 154 valence electrons. The van der Waals surface area contributed by atoms with Crippen molar-refractivity contribution in [2.24, 2.45) is 5.92 Å². The number of carboxylic acids is 2. The van der Waals surface area contributed by atoms with E-state index in [0.717, 1.165) is 31.5 Å². The minimum absolute atomic E-state index is 0.106. The molecule has 0 radical (unpaired) electrons. The molecule has 1 heterocycles. The third-order valence-corrected chi connectivity index (χ3v) is 4.79. The van der Waals surface area contributed by atoms with Gasteiger partial charge in [-0.3, -0.25) is 4.79 Å². The second kappa shape index (κ2) is 11.2. The van der Waals surface area contributed by atoms with Crippen molar-refractivity contribution in [2.45, 2.75) is 38.7 Å². The van der Waals surface area contributed by atoms with E-state index in [2.05, 4.69) is 31.0 Å². The van der Waals surface area contributed by atoms with Crippen LogP contribution < -0.4 is 0 Å². The summed E-state index contributed by atoms with van der Waals surface area (Å²) in [5, 5.41) is 15.6. The molecule has 1 aromatic rings. The Balaban J connectivity index is 0.000000416. The van der Waals surface area contributed by atoms with E-state index >= 15 is 0 Å². The predicted octanol–water partition coefficient (Wildman–Crippen LogP) is 2.91. The van der Waals surface area contributed by atoms with Gasteiger partial charge < -0.3 is 19.8 Å². The fraction of sp³-hybridized carbons (Fsp3) is 0.476. The molecule has 0 spiro atoms. The number of benzene rings is 1. The lowest BCUT2D eigenvalue weighted by Crippen LogP contribution is -2.40. The zero-order valence-electron chi connectivity index (χ0n) is 16.6. The molecule has 2 unspecified atom stereocenters. The highest BCUT2D eigenvalue weighted by Crippen LogP contribution is 2.42. The van der Waals surface area contributed by atoms with Crippen LogP contribution in [0, 0.1) is 5.92 Å². The van der Waals surface area contributed by atoms with Gasteiger partial charge in [-0.15, -0.1) is 0 Å². The number of aliphatic carboxylic acids is 2. The Morgan fingerprint density at radius 1 is 1.14 bits per heavy atom. The number of likely N-dealkylation sites (tertiary alicyclic amines) is 1. The molecular formula is C21H29NO6. The lowest BCUT2D eigenvalue weighted by molar-refractivity contribution is -0.168. The average Bonchev–Trinajstić information content (AvgIpc) is 3.12. The molecule has 0 bridgehead atoms. The number of nitrogens with zero attached hydrogens (tertiary/aromatic N) is 1. The van der Waals surface area contributed by atoms with E-state index in [9.17, 15) is 14.4 Å². The monoisotopic (exact) mass is 391 g/mol. The van der Waals surface area contributed by atoms with E-state index in [0.29, 0.717) is 24.5 Å². The highest BCUT2D eigenvalue weighted by Gasteiger charge is 2.44. The van der Waals surface area contributed by atoms with Crippen LogP contribution in [0.5, 0.6) is 0 Å². The van der Waals surface area contributed by atoms with Gasteiger partial charge in [-0.1, -0.05) is 44.2 Å². The van der Waals surface area contributed by atoms with Gasteiger partial charge in [-0.05, 0) is 32.0 Å². The minimum atomic E-state index is -1.26. The van der Waals surface area contributed by atoms with Crippen molar-refractivity contribution in [3.8, 4) is 0 Å². The maximum atomic E-state index is 12.0. The summed E-state index contributed by atoms with van der Waals surface area (Å²) in [6.45, 7) is 6.03. The molecule has 1 aliphatic heterocycles. The number of ether oxygens (including phenoxy) is 1. The van der Waals surface area contributed by atoms with Crippen LogP contribution in [0.3, 0.4) is 0 Å². The van der Waals surface area contributed by atoms with Crippen molar-refractivity contribution < 1.29 is 29.3 Å². The first-order valence-corrected chi connectivity index (χ1v) is 9.35. The van der Waals surface area contributed by atoms with E-state index in [4.69, 9.17) is 14.9 Å². The molecule has 0 aromatic heterocycles. The molecule has 1 fully saturated rings. The van der Waals surface area contributed by atoms with Crippen LogP contribution in [0.15, 0.2) is 42.5 Å². The van der Waals surface area contributed by atoms with Crippen molar-refractivity contribution in [2.75, 3.05) is 20.1 Å². The lowest BCUT2D eigenvalue weighted by Gasteiger charge is -2.38. The SMILES string of the molecule is CCC(=O)OC(CC)(c1ccccc1)C1CCN(C)C1.O=C(O)/C=C/C(=O)O. The molecule has 1 aromatic carbocycles. The number of esters is 1. The molecule has 7 nitrogen and oxygen atoms in total. The van der Waals surface area contributed by atoms with Crippen LogP contribution in [-0.4, -0.2) is 53.2 Å². The topological polar surface area (TPSA) is 104 Å². The van der Waals surface area contributed by atoms with Crippen LogP contribution in [0.1, 0.15) is 38.7 Å². The van der Waals surface area contributed by atoms with Gasteiger partial charge in [0.2, 0.25) is 0 Å². The van der Waals surface area contributed by atoms with E-state index in [1.54, 1.807) is 0 Å². The van der Waals surface area contributed by atoms with Crippen LogP contribution in [0.25, 0.3) is 0 Å². The van der Waals surface area contributed by atoms with E-state index < -0.39 is 17.5 Å². The zero-order valence-corrected chi connectivity index (χ0v) is 16.6. The van der Waals surface area contributed by atoms with Crippen LogP contribution in [0.2, 0.25) is 0 Å². The number of carbonyl (C=O) groups excluding carboxylic acids is 1. The largest absolute Gasteiger partial charge is 0.478 e. The van der Waals surface area contributed by atoms with Crippen molar-refractivity contribution in [1.29, 1.82) is 0 Å². The number of hydrogen-bond acceptors (Lipinski definition) is 5. The standard InChI is InChI=1S/C17H25NO2.C4H4O4/c1-4-16(19)20-17(5-2,14-9-7-6-8-10-14)15-11-12-18(3)13-15;5-3(6)1-2-4(7)8/h6-10,15H,4-5,11-13H2,1-3H3;1-2H,(H,5,6)(H,7,8)/b;2-1+. The fourth-order valence-electron chi connectivity index (χ4n) is 3.40. The van der Waals surface area contributed by atoms with Crippen LogP contribution >= 0.6 is 0 Å². The Bertz CT molecular complexity index is 671. The van der Waals surface area contributed by atoms with E-state index in [-0.39, 0.29) is 5.97 Å². The summed E-state index contributed by atoms with van der Waals surface area (Å²) in [5.74, 6) is -2.25. The molecule has 1 aliphatic rings. The summed E-state index contributed by atoms with van der Waals surface area (Å²) in [7, 11) is 2.13. The quantitative estimate of drug-likeness (QED) is 0.544. The van der Waals surface area contributed by atoms with E-state index in [1.165, 1.54) is 0 Å². The molecule has 1 saturated heterocycles. The summed E-state index contributed by atoms with van der Waals surface area (Å²) >= 11 is 0. The lowest BCUT2D eigenvalue weighted by atomic mass is 9.78. The zero-order chi connectivity index (χ0) is 21.2. The minimum Gasteiger partial charge on any atom is -0.478 e. The maximum Gasteiger partial charge on any atom is 0.328 e. The average molecular weight is 391 g/mol. The number of hydrogen-bond donors (Lipinski definition) is 2. The van der Waals surface area contributed by atoms with Gasteiger partial charge in [0.05, 0.1) is 0 Å². The van der Waals surface area contributed by atoms with Crippen molar-refractivity contribution in [3.63, 3.8) is 0 Å². The molecule has 28 heavy (non-hydrogen) atoms. The van der Waals surface area contributed by atoms with Crippen LogP contribution in [-0.2, 0) is 24.7 Å². The Morgan fingerprint density at radius 3 is 2.11 bits per heavy atom. The molecule has 0 saturated carbocycles. The Kier molecular flexibility index (Phi) is 9.38. The Hall–Kier alpha value is -2.67. The normalized spacial score (nSPS) is 18.8. The van der Waals surface area contributed by atoms with Gasteiger partial charge in [0.1, 0.15) is 5.60 Å². The number of carbonyl (C=O) groups is 3. The van der Waals surface area contributed by atoms with Gasteiger partial charge in [0, 0.05) is 31.0 Å². The summed E-state index contributed by atoms with van der Waals surface area (Å²) in [6.07, 6.45) is 3.44. The summed E-state index contributed by atoms with van der Waals surface area (Å²) in [4.78, 5) is 33.4. The third-order valence-electron chi connectivity index (χ3n) is 4.79. The van der Waals surface area contributed by atoms with Crippen molar-refractivity contribution in [1.82, 2.24) is 4.90 Å². The van der Waals surface area contributed by atoms with Crippen molar-refractivity contribution >= 4 is 17.9 Å². The maximum absolute atomic E-state index is 12.0. The fourth-order valence-corrected chi connectivity index (χ4v) is 3.40. The van der Waals surface area contributed by atoms with Gasteiger partial charge >= 0.3 is 17.9 Å². The highest BCUT2D eigenvalue weighted by atomic mass is 16.6. The second-order valence-corrected chi connectivity index (χ2v) is 6.69. The first kappa shape index (κ1) is 23.4. The van der Waals surface area contributed by atoms with Gasteiger partial charge in [0.15, 0.2) is 0 Å². The van der Waals surface area contributed by atoms with Crippen molar-refractivity contribution in [3.05, 3.63) is 48.0 Å².